The lowest BCUT2D eigenvalue weighted by Crippen LogP contribution is -2.36. The van der Waals surface area contributed by atoms with Crippen LogP contribution in [0.5, 0.6) is 0 Å². The molecular formula is C13H16N2O3. The number of amides is 1. The second kappa shape index (κ2) is 5.18. The molecule has 1 heterocycles. The number of likely N-dealkylation sites (N-methyl/N-ethyl adjacent to an activating group) is 1. The standard InChI is InChI=1S/C13H16N2O3/c1-15-6-5-11(12(15)16)14-8-9-3-2-4-10(7-9)13(17)18/h2-4,7,11,14H,5-6,8H2,1H3,(H,17,18). The Labute approximate surface area is 105 Å². The highest BCUT2D eigenvalue weighted by molar-refractivity contribution is 5.87. The third-order valence-corrected chi connectivity index (χ3v) is 3.15. The van der Waals surface area contributed by atoms with Crippen LogP contribution in [-0.4, -0.2) is 41.5 Å². The van der Waals surface area contributed by atoms with Crippen LogP contribution in [0.4, 0.5) is 0 Å². The highest BCUT2D eigenvalue weighted by Crippen LogP contribution is 2.10. The minimum Gasteiger partial charge on any atom is -0.478 e. The van der Waals surface area contributed by atoms with Gasteiger partial charge in [-0.05, 0) is 24.1 Å². The van der Waals surface area contributed by atoms with Crippen molar-refractivity contribution >= 4 is 11.9 Å². The topological polar surface area (TPSA) is 69.6 Å². The second-order valence-electron chi connectivity index (χ2n) is 4.49. The molecule has 2 rings (SSSR count). The lowest BCUT2D eigenvalue weighted by atomic mass is 10.1. The van der Waals surface area contributed by atoms with Crippen LogP contribution in [0.25, 0.3) is 0 Å². The van der Waals surface area contributed by atoms with E-state index in [-0.39, 0.29) is 17.5 Å². The molecule has 0 aliphatic carbocycles. The van der Waals surface area contributed by atoms with E-state index in [2.05, 4.69) is 5.32 Å². The molecule has 1 fully saturated rings. The van der Waals surface area contributed by atoms with Gasteiger partial charge in [-0.3, -0.25) is 4.79 Å². The first-order valence-corrected chi connectivity index (χ1v) is 5.88. The molecule has 0 radical (unpaired) electrons. The van der Waals surface area contributed by atoms with Crippen molar-refractivity contribution in [2.75, 3.05) is 13.6 Å². The van der Waals surface area contributed by atoms with Gasteiger partial charge < -0.3 is 15.3 Å². The maximum absolute atomic E-state index is 11.7. The molecule has 0 spiro atoms. The molecule has 0 bridgehead atoms. The highest BCUT2D eigenvalue weighted by atomic mass is 16.4. The van der Waals surface area contributed by atoms with E-state index in [0.717, 1.165) is 18.5 Å². The van der Waals surface area contributed by atoms with Gasteiger partial charge in [0.05, 0.1) is 11.6 Å². The third-order valence-electron chi connectivity index (χ3n) is 3.15. The molecule has 1 aliphatic rings. The van der Waals surface area contributed by atoms with Gasteiger partial charge in [0.2, 0.25) is 5.91 Å². The molecule has 1 amide bonds. The molecule has 1 saturated heterocycles. The van der Waals surface area contributed by atoms with Crippen molar-refractivity contribution in [3.63, 3.8) is 0 Å². The lowest BCUT2D eigenvalue weighted by Gasteiger charge is -2.12. The normalized spacial score (nSPS) is 19.3. The van der Waals surface area contributed by atoms with Gasteiger partial charge in [-0.1, -0.05) is 12.1 Å². The Morgan fingerprint density at radius 3 is 2.94 bits per heavy atom. The molecule has 1 aliphatic heterocycles. The van der Waals surface area contributed by atoms with E-state index in [1.54, 1.807) is 30.1 Å². The SMILES string of the molecule is CN1CCC(NCc2cccc(C(=O)O)c2)C1=O. The number of carboxylic acid groups (broad SMARTS) is 1. The van der Waals surface area contributed by atoms with Gasteiger partial charge >= 0.3 is 5.97 Å². The number of aromatic carboxylic acids is 1. The average Bonchev–Trinajstić information content (AvgIpc) is 2.68. The quantitative estimate of drug-likeness (QED) is 0.823. The summed E-state index contributed by atoms with van der Waals surface area (Å²) in [5, 5.41) is 12.0. The number of carbonyl (C=O) groups is 2. The molecule has 96 valence electrons. The van der Waals surface area contributed by atoms with Gasteiger partial charge in [-0.25, -0.2) is 4.79 Å². The highest BCUT2D eigenvalue weighted by Gasteiger charge is 2.28. The van der Waals surface area contributed by atoms with Gasteiger partial charge in [-0.2, -0.15) is 0 Å². The molecule has 1 aromatic rings. The molecule has 2 N–H and O–H groups in total. The van der Waals surface area contributed by atoms with E-state index in [4.69, 9.17) is 5.11 Å². The average molecular weight is 248 g/mol. The number of carbonyl (C=O) groups excluding carboxylic acids is 1. The molecule has 0 saturated carbocycles. The van der Waals surface area contributed by atoms with Crippen LogP contribution in [0.2, 0.25) is 0 Å². The summed E-state index contributed by atoms with van der Waals surface area (Å²) in [6.07, 6.45) is 0.800. The van der Waals surface area contributed by atoms with E-state index in [9.17, 15) is 9.59 Å². The fourth-order valence-corrected chi connectivity index (χ4v) is 2.07. The summed E-state index contributed by atoms with van der Waals surface area (Å²) in [6.45, 7) is 1.27. The Kier molecular flexibility index (Phi) is 3.62. The Hall–Kier alpha value is -1.88. The Bertz CT molecular complexity index is 473. The number of benzene rings is 1. The Balaban J connectivity index is 1.96. The van der Waals surface area contributed by atoms with Crippen LogP contribution in [0.3, 0.4) is 0 Å². The first-order chi connectivity index (χ1) is 8.58. The van der Waals surface area contributed by atoms with Crippen molar-refractivity contribution in [3.8, 4) is 0 Å². The largest absolute Gasteiger partial charge is 0.478 e. The van der Waals surface area contributed by atoms with E-state index >= 15 is 0 Å². The molecule has 1 atom stereocenters. The molecule has 5 nitrogen and oxygen atoms in total. The molecule has 18 heavy (non-hydrogen) atoms. The summed E-state index contributed by atoms with van der Waals surface area (Å²) in [5.74, 6) is -0.835. The van der Waals surface area contributed by atoms with Crippen LogP contribution >= 0.6 is 0 Å². The van der Waals surface area contributed by atoms with E-state index in [1.807, 2.05) is 6.07 Å². The third kappa shape index (κ3) is 2.68. The van der Waals surface area contributed by atoms with Crippen LogP contribution < -0.4 is 5.32 Å². The molecule has 0 aromatic heterocycles. The zero-order chi connectivity index (χ0) is 13.1. The van der Waals surface area contributed by atoms with E-state index < -0.39 is 5.97 Å². The van der Waals surface area contributed by atoms with Crippen LogP contribution in [0.1, 0.15) is 22.3 Å². The van der Waals surface area contributed by atoms with Crippen molar-refractivity contribution in [2.24, 2.45) is 0 Å². The lowest BCUT2D eigenvalue weighted by molar-refractivity contribution is -0.128. The monoisotopic (exact) mass is 248 g/mol. The fraction of sp³-hybridized carbons (Fsp3) is 0.385. The zero-order valence-electron chi connectivity index (χ0n) is 10.2. The first kappa shape index (κ1) is 12.6. The first-order valence-electron chi connectivity index (χ1n) is 5.88. The van der Waals surface area contributed by atoms with E-state index in [0.29, 0.717) is 6.54 Å². The number of hydrogen-bond acceptors (Lipinski definition) is 3. The summed E-state index contributed by atoms with van der Waals surface area (Å²) >= 11 is 0. The zero-order valence-corrected chi connectivity index (χ0v) is 10.2. The number of rotatable bonds is 4. The maximum atomic E-state index is 11.7. The van der Waals surface area contributed by atoms with Gasteiger partial charge in [0, 0.05) is 20.1 Å². The van der Waals surface area contributed by atoms with Crippen LogP contribution in [0.15, 0.2) is 24.3 Å². The van der Waals surface area contributed by atoms with Gasteiger partial charge in [-0.15, -0.1) is 0 Å². The fourth-order valence-electron chi connectivity index (χ4n) is 2.07. The predicted molar refractivity (Wildman–Crippen MR) is 66.3 cm³/mol. The molecule has 1 aromatic carbocycles. The number of likely N-dealkylation sites (tertiary alicyclic amines) is 1. The second-order valence-corrected chi connectivity index (χ2v) is 4.49. The minimum absolute atomic E-state index is 0.101. The van der Waals surface area contributed by atoms with Gasteiger partial charge in [0.25, 0.3) is 0 Å². The number of hydrogen-bond donors (Lipinski definition) is 2. The maximum Gasteiger partial charge on any atom is 0.335 e. The van der Waals surface area contributed by atoms with Crippen LogP contribution in [-0.2, 0) is 11.3 Å². The van der Waals surface area contributed by atoms with Crippen LogP contribution in [0, 0.1) is 0 Å². The predicted octanol–water partition coefficient (Wildman–Crippen LogP) is 0.705. The summed E-state index contributed by atoms with van der Waals surface area (Å²) < 4.78 is 0. The molecule has 1 unspecified atom stereocenters. The van der Waals surface area contributed by atoms with Gasteiger partial charge in [0.15, 0.2) is 0 Å². The number of nitrogens with zero attached hydrogens (tertiary/aromatic N) is 1. The number of carboxylic acids is 1. The van der Waals surface area contributed by atoms with Gasteiger partial charge in [0.1, 0.15) is 0 Å². The van der Waals surface area contributed by atoms with Crippen molar-refractivity contribution in [2.45, 2.75) is 19.0 Å². The summed E-state index contributed by atoms with van der Waals surface area (Å²) in [6, 6.07) is 6.59. The van der Waals surface area contributed by atoms with E-state index in [1.165, 1.54) is 0 Å². The minimum atomic E-state index is -0.937. The summed E-state index contributed by atoms with van der Waals surface area (Å²) in [4.78, 5) is 24.2. The Morgan fingerprint density at radius 1 is 1.56 bits per heavy atom. The molecule has 5 heteroatoms. The smallest absolute Gasteiger partial charge is 0.335 e. The number of nitrogens with one attached hydrogen (secondary N) is 1. The molecular weight excluding hydrogens is 232 g/mol. The summed E-state index contributed by atoms with van der Waals surface area (Å²) in [5.41, 5.74) is 1.14. The van der Waals surface area contributed by atoms with Crippen molar-refractivity contribution in [3.05, 3.63) is 35.4 Å². The Morgan fingerprint density at radius 2 is 2.33 bits per heavy atom. The van der Waals surface area contributed by atoms with Crippen molar-refractivity contribution < 1.29 is 14.7 Å². The van der Waals surface area contributed by atoms with Crippen molar-refractivity contribution in [1.29, 1.82) is 0 Å². The van der Waals surface area contributed by atoms with Crippen molar-refractivity contribution in [1.82, 2.24) is 10.2 Å². The summed E-state index contributed by atoms with van der Waals surface area (Å²) in [7, 11) is 1.79.